The van der Waals surface area contributed by atoms with E-state index >= 15 is 0 Å². The first kappa shape index (κ1) is 16.8. The average molecular weight is 351 g/mol. The van der Waals surface area contributed by atoms with Gasteiger partial charge in [-0.25, -0.2) is 9.97 Å². The Morgan fingerprint density at radius 2 is 1.73 bits per heavy atom. The van der Waals surface area contributed by atoms with Crippen molar-refractivity contribution in [1.29, 1.82) is 0 Å². The fraction of sp³-hybridized carbons (Fsp3) is 0.450. The summed E-state index contributed by atoms with van der Waals surface area (Å²) in [5, 5.41) is 3.11. The summed E-state index contributed by atoms with van der Waals surface area (Å²) in [6.07, 6.45) is 6.17. The number of carbonyl (C=O) groups is 1. The second-order valence-corrected chi connectivity index (χ2v) is 7.12. The Morgan fingerprint density at radius 3 is 2.50 bits per heavy atom. The minimum Gasteiger partial charge on any atom is -0.356 e. The molecule has 1 aromatic heterocycles. The number of aromatic nitrogens is 2. The maximum absolute atomic E-state index is 12.2. The summed E-state index contributed by atoms with van der Waals surface area (Å²) >= 11 is 0. The maximum atomic E-state index is 12.2. The topological polar surface area (TPSA) is 61.4 Å². The SMILES string of the molecule is O=C1CN(c2cc(N3CCCCC3)ncn2)C[C@H](Cc2ccccc2)N1. The number of piperazine rings is 1. The number of hydrogen-bond acceptors (Lipinski definition) is 5. The molecule has 2 aliphatic heterocycles. The molecule has 0 radical (unpaired) electrons. The van der Waals surface area contributed by atoms with Crippen LogP contribution in [0.2, 0.25) is 0 Å². The molecule has 6 heteroatoms. The lowest BCUT2D eigenvalue weighted by atomic mass is 10.0. The van der Waals surface area contributed by atoms with Gasteiger partial charge >= 0.3 is 0 Å². The molecule has 2 aromatic rings. The van der Waals surface area contributed by atoms with E-state index in [4.69, 9.17) is 0 Å². The lowest BCUT2D eigenvalue weighted by molar-refractivity contribution is -0.121. The van der Waals surface area contributed by atoms with Crippen molar-refractivity contribution in [1.82, 2.24) is 15.3 Å². The number of amides is 1. The highest BCUT2D eigenvalue weighted by Crippen LogP contribution is 2.22. The number of piperidine rings is 1. The summed E-state index contributed by atoms with van der Waals surface area (Å²) in [4.78, 5) is 25.5. The molecule has 1 amide bonds. The van der Waals surface area contributed by atoms with E-state index in [1.165, 1.54) is 24.8 Å². The van der Waals surface area contributed by atoms with Crippen LogP contribution >= 0.6 is 0 Å². The van der Waals surface area contributed by atoms with Crippen LogP contribution in [0.5, 0.6) is 0 Å². The fourth-order valence-corrected chi connectivity index (χ4v) is 3.82. The first-order valence-electron chi connectivity index (χ1n) is 9.43. The third-order valence-electron chi connectivity index (χ3n) is 5.11. The molecule has 0 bridgehead atoms. The minimum absolute atomic E-state index is 0.0512. The van der Waals surface area contributed by atoms with Crippen molar-refractivity contribution in [3.05, 3.63) is 48.3 Å². The molecule has 2 fully saturated rings. The van der Waals surface area contributed by atoms with Crippen LogP contribution in [0.15, 0.2) is 42.7 Å². The molecule has 1 atom stereocenters. The van der Waals surface area contributed by atoms with E-state index in [9.17, 15) is 4.79 Å². The number of rotatable bonds is 4. The zero-order valence-corrected chi connectivity index (χ0v) is 15.0. The molecular formula is C20H25N5O. The standard InChI is InChI=1S/C20H25N5O/c26-20-14-25(13-17(23-20)11-16-7-3-1-4-8-16)19-12-18(21-15-22-19)24-9-5-2-6-10-24/h1,3-4,7-8,12,15,17H,2,5-6,9-11,13-14H2,(H,23,26)/t17-/m0/s1. The molecule has 136 valence electrons. The van der Waals surface area contributed by atoms with Gasteiger partial charge in [-0.05, 0) is 31.2 Å². The highest BCUT2D eigenvalue weighted by molar-refractivity contribution is 5.83. The third-order valence-corrected chi connectivity index (χ3v) is 5.11. The monoisotopic (exact) mass is 351 g/mol. The Balaban J connectivity index is 1.48. The van der Waals surface area contributed by atoms with Gasteiger partial charge in [-0.15, -0.1) is 0 Å². The van der Waals surface area contributed by atoms with E-state index in [0.717, 1.165) is 37.7 Å². The van der Waals surface area contributed by atoms with Crippen molar-refractivity contribution in [3.8, 4) is 0 Å². The van der Waals surface area contributed by atoms with Gasteiger partial charge in [0.15, 0.2) is 0 Å². The predicted octanol–water partition coefficient (Wildman–Crippen LogP) is 2.01. The Hall–Kier alpha value is -2.63. The van der Waals surface area contributed by atoms with Crippen molar-refractivity contribution in [3.63, 3.8) is 0 Å². The molecule has 3 heterocycles. The molecule has 26 heavy (non-hydrogen) atoms. The summed E-state index contributed by atoms with van der Waals surface area (Å²) in [5.74, 6) is 1.86. The summed E-state index contributed by atoms with van der Waals surface area (Å²) in [6.45, 7) is 3.21. The van der Waals surface area contributed by atoms with Gasteiger partial charge < -0.3 is 15.1 Å². The third kappa shape index (κ3) is 3.95. The van der Waals surface area contributed by atoms with Crippen LogP contribution in [-0.4, -0.2) is 48.1 Å². The number of hydrogen-bond donors (Lipinski definition) is 1. The molecule has 2 aliphatic rings. The van der Waals surface area contributed by atoms with Crippen molar-refractivity contribution < 1.29 is 4.79 Å². The number of nitrogens with zero attached hydrogens (tertiary/aromatic N) is 4. The second kappa shape index (κ2) is 7.72. The largest absolute Gasteiger partial charge is 0.356 e. The summed E-state index contributed by atoms with van der Waals surface area (Å²) < 4.78 is 0. The normalized spacial score (nSPS) is 20.8. The van der Waals surface area contributed by atoms with Crippen LogP contribution in [0.1, 0.15) is 24.8 Å². The molecule has 0 spiro atoms. The lowest BCUT2D eigenvalue weighted by Crippen LogP contribution is -2.55. The van der Waals surface area contributed by atoms with E-state index in [-0.39, 0.29) is 11.9 Å². The van der Waals surface area contributed by atoms with Crippen molar-refractivity contribution >= 4 is 17.5 Å². The van der Waals surface area contributed by atoms with Crippen molar-refractivity contribution in [2.75, 3.05) is 36.0 Å². The van der Waals surface area contributed by atoms with Gasteiger partial charge in [0.25, 0.3) is 0 Å². The molecule has 6 nitrogen and oxygen atoms in total. The number of anilines is 2. The minimum atomic E-state index is 0.0512. The molecular weight excluding hydrogens is 326 g/mol. The molecule has 0 saturated carbocycles. The summed E-state index contributed by atoms with van der Waals surface area (Å²) in [6, 6.07) is 12.4. The zero-order chi connectivity index (χ0) is 17.8. The summed E-state index contributed by atoms with van der Waals surface area (Å²) in [5.41, 5.74) is 1.23. The summed E-state index contributed by atoms with van der Waals surface area (Å²) in [7, 11) is 0. The Kier molecular flexibility index (Phi) is 5.00. The van der Waals surface area contributed by atoms with Crippen LogP contribution < -0.4 is 15.1 Å². The van der Waals surface area contributed by atoms with Crippen molar-refractivity contribution in [2.45, 2.75) is 31.7 Å². The van der Waals surface area contributed by atoms with Crippen LogP contribution in [0.4, 0.5) is 11.6 Å². The zero-order valence-electron chi connectivity index (χ0n) is 15.0. The van der Waals surface area contributed by atoms with Gasteiger partial charge in [0, 0.05) is 25.7 Å². The van der Waals surface area contributed by atoms with Gasteiger partial charge in [0.2, 0.25) is 5.91 Å². The quantitative estimate of drug-likeness (QED) is 0.913. The predicted molar refractivity (Wildman–Crippen MR) is 102 cm³/mol. The average Bonchev–Trinajstić information content (AvgIpc) is 2.69. The molecule has 1 N–H and O–H groups in total. The number of benzene rings is 1. The molecule has 4 rings (SSSR count). The van der Waals surface area contributed by atoms with Crippen LogP contribution in [0.3, 0.4) is 0 Å². The van der Waals surface area contributed by atoms with E-state index < -0.39 is 0 Å². The van der Waals surface area contributed by atoms with Gasteiger partial charge in [-0.1, -0.05) is 30.3 Å². The molecule has 2 saturated heterocycles. The smallest absolute Gasteiger partial charge is 0.239 e. The van der Waals surface area contributed by atoms with E-state index in [1.807, 2.05) is 24.3 Å². The van der Waals surface area contributed by atoms with Crippen LogP contribution in [0, 0.1) is 0 Å². The van der Waals surface area contributed by atoms with Crippen molar-refractivity contribution in [2.24, 2.45) is 0 Å². The Bertz CT molecular complexity index is 745. The van der Waals surface area contributed by atoms with Gasteiger partial charge in [-0.3, -0.25) is 4.79 Å². The van der Waals surface area contributed by atoms with E-state index in [0.29, 0.717) is 6.54 Å². The van der Waals surface area contributed by atoms with Gasteiger partial charge in [0.05, 0.1) is 12.6 Å². The molecule has 0 aliphatic carbocycles. The van der Waals surface area contributed by atoms with Crippen LogP contribution in [-0.2, 0) is 11.2 Å². The number of carbonyl (C=O) groups excluding carboxylic acids is 1. The Labute approximate surface area is 154 Å². The molecule has 0 unspecified atom stereocenters. The highest BCUT2D eigenvalue weighted by Gasteiger charge is 2.26. The maximum Gasteiger partial charge on any atom is 0.239 e. The lowest BCUT2D eigenvalue weighted by Gasteiger charge is -2.34. The van der Waals surface area contributed by atoms with E-state index in [1.54, 1.807) is 6.33 Å². The number of nitrogens with one attached hydrogen (secondary N) is 1. The van der Waals surface area contributed by atoms with E-state index in [2.05, 4.69) is 37.2 Å². The highest BCUT2D eigenvalue weighted by atomic mass is 16.2. The first-order valence-corrected chi connectivity index (χ1v) is 9.43. The second-order valence-electron chi connectivity index (χ2n) is 7.12. The Morgan fingerprint density at radius 1 is 1.00 bits per heavy atom. The first-order chi connectivity index (χ1) is 12.8. The van der Waals surface area contributed by atoms with Crippen LogP contribution in [0.25, 0.3) is 0 Å². The van der Waals surface area contributed by atoms with Gasteiger partial charge in [-0.2, -0.15) is 0 Å². The van der Waals surface area contributed by atoms with Gasteiger partial charge in [0.1, 0.15) is 18.0 Å². The molecule has 1 aromatic carbocycles. The fourth-order valence-electron chi connectivity index (χ4n) is 3.82.